The maximum absolute atomic E-state index is 8.02. The third-order valence-corrected chi connectivity index (χ3v) is 0.504. The van der Waals surface area contributed by atoms with Gasteiger partial charge in [0.05, 0.1) is 6.54 Å². The highest BCUT2D eigenvalue weighted by Crippen LogP contribution is 1.73. The smallest absolute Gasteiger partial charge is 0.0693 e. The van der Waals surface area contributed by atoms with E-state index in [9.17, 15) is 0 Å². The molecule has 0 atom stereocenters. The predicted octanol–water partition coefficient (Wildman–Crippen LogP) is 0.643. The van der Waals surface area contributed by atoms with E-state index < -0.39 is 0 Å². The van der Waals surface area contributed by atoms with Gasteiger partial charge in [-0.05, 0) is 6.92 Å². The number of rotatable bonds is 2. The van der Waals surface area contributed by atoms with Crippen LogP contribution in [0.25, 0.3) is 0 Å². The van der Waals surface area contributed by atoms with Crippen molar-refractivity contribution in [3.8, 4) is 0 Å². The first-order chi connectivity index (χ1) is 3.27. The van der Waals surface area contributed by atoms with Crippen LogP contribution in [0.15, 0.2) is 12.2 Å². The van der Waals surface area contributed by atoms with Crippen LogP contribution in [-0.2, 0) is 0 Å². The lowest BCUT2D eigenvalue weighted by Gasteiger charge is -1.97. The normalized spacial score (nSPS) is 11.4. The lowest BCUT2D eigenvalue weighted by atomic mass is 10.5. The summed E-state index contributed by atoms with van der Waals surface area (Å²) >= 11 is 0. The molecule has 42 valence electrons. The summed E-state index contributed by atoms with van der Waals surface area (Å²) in [6.07, 6.45) is 3.36. The number of allylic oxidation sites excluding steroid dienone is 1. The first kappa shape index (κ1) is 6.62. The van der Waals surface area contributed by atoms with Crippen molar-refractivity contribution in [1.29, 1.82) is 0 Å². The van der Waals surface area contributed by atoms with Gasteiger partial charge in [-0.1, -0.05) is 17.4 Å². The van der Waals surface area contributed by atoms with E-state index in [1.54, 1.807) is 12.2 Å². The molecule has 0 aromatic carbocycles. The summed E-state index contributed by atoms with van der Waals surface area (Å²) < 4.78 is 0. The molecule has 0 aliphatic rings. The quantitative estimate of drug-likeness (QED) is 0.398. The molecule has 0 aliphatic heterocycles. The molecule has 0 radical (unpaired) electrons. The first-order valence-corrected chi connectivity index (χ1v) is 2.04. The molecule has 0 bridgehead atoms. The van der Waals surface area contributed by atoms with Crippen LogP contribution in [0.3, 0.4) is 0 Å². The summed E-state index contributed by atoms with van der Waals surface area (Å²) in [4.78, 5) is 0. The van der Waals surface area contributed by atoms with Crippen LogP contribution in [0.4, 0.5) is 0 Å². The predicted molar refractivity (Wildman–Crippen MR) is 25.1 cm³/mol. The SMILES string of the molecule is CC=CCN(O)O. The van der Waals surface area contributed by atoms with Gasteiger partial charge in [-0.15, -0.1) is 0 Å². The summed E-state index contributed by atoms with van der Waals surface area (Å²) in [6, 6.07) is 0. The fourth-order valence-electron chi connectivity index (χ4n) is 0.200. The maximum atomic E-state index is 8.02. The molecule has 3 nitrogen and oxygen atoms in total. The average Bonchev–Trinajstić information content (AvgIpc) is 1.61. The molecular formula is C4H9NO2. The minimum absolute atomic E-state index is 0.125. The van der Waals surface area contributed by atoms with Crippen molar-refractivity contribution in [1.82, 2.24) is 5.23 Å². The third kappa shape index (κ3) is 5.62. The average molecular weight is 103 g/mol. The lowest BCUT2D eigenvalue weighted by molar-refractivity contribution is -0.299. The zero-order valence-corrected chi connectivity index (χ0v) is 4.20. The van der Waals surface area contributed by atoms with Gasteiger partial charge < -0.3 is 0 Å². The van der Waals surface area contributed by atoms with Crippen molar-refractivity contribution in [2.75, 3.05) is 6.54 Å². The second kappa shape index (κ2) is 3.80. The molecule has 0 amide bonds. The van der Waals surface area contributed by atoms with E-state index in [4.69, 9.17) is 10.4 Å². The van der Waals surface area contributed by atoms with Gasteiger partial charge in [0.1, 0.15) is 0 Å². The first-order valence-electron chi connectivity index (χ1n) is 2.04. The molecule has 0 unspecified atom stereocenters. The highest BCUT2D eigenvalue weighted by Gasteiger charge is 1.81. The fraction of sp³-hybridized carbons (Fsp3) is 0.500. The molecule has 7 heavy (non-hydrogen) atoms. The van der Waals surface area contributed by atoms with Crippen molar-refractivity contribution in [2.24, 2.45) is 0 Å². The van der Waals surface area contributed by atoms with Crippen LogP contribution in [0, 0.1) is 0 Å². The van der Waals surface area contributed by atoms with Crippen LogP contribution in [0.1, 0.15) is 6.92 Å². The van der Waals surface area contributed by atoms with E-state index in [1.165, 1.54) is 0 Å². The van der Waals surface area contributed by atoms with Crippen molar-refractivity contribution in [3.05, 3.63) is 12.2 Å². The van der Waals surface area contributed by atoms with Crippen LogP contribution < -0.4 is 0 Å². The second-order valence-electron chi connectivity index (χ2n) is 1.12. The summed E-state index contributed by atoms with van der Waals surface area (Å²) in [7, 11) is 0. The molecule has 3 heteroatoms. The van der Waals surface area contributed by atoms with Crippen LogP contribution in [0.2, 0.25) is 0 Å². The van der Waals surface area contributed by atoms with Gasteiger partial charge in [-0.2, -0.15) is 0 Å². The van der Waals surface area contributed by atoms with Gasteiger partial charge in [0.25, 0.3) is 0 Å². The second-order valence-corrected chi connectivity index (χ2v) is 1.12. The maximum Gasteiger partial charge on any atom is 0.0693 e. The van der Waals surface area contributed by atoms with Gasteiger partial charge in [0.2, 0.25) is 0 Å². The minimum atomic E-state index is 0.125. The molecular weight excluding hydrogens is 94.0 g/mol. The monoisotopic (exact) mass is 103 g/mol. The van der Waals surface area contributed by atoms with Gasteiger partial charge >= 0.3 is 0 Å². The van der Waals surface area contributed by atoms with Crippen LogP contribution in [0.5, 0.6) is 0 Å². The van der Waals surface area contributed by atoms with E-state index in [-0.39, 0.29) is 11.8 Å². The molecule has 0 aliphatic carbocycles. The number of hydroxylamine groups is 2. The Morgan fingerprint density at radius 3 is 2.29 bits per heavy atom. The molecule has 0 heterocycles. The molecule has 0 saturated carbocycles. The fourth-order valence-corrected chi connectivity index (χ4v) is 0.200. The molecule has 0 fully saturated rings. The summed E-state index contributed by atoms with van der Waals surface area (Å²) in [5, 5.41) is 16.2. The highest BCUT2D eigenvalue weighted by atomic mass is 16.8. The van der Waals surface area contributed by atoms with E-state index in [0.29, 0.717) is 0 Å². The van der Waals surface area contributed by atoms with Gasteiger partial charge in [-0.3, -0.25) is 10.4 Å². The van der Waals surface area contributed by atoms with E-state index in [1.807, 2.05) is 6.92 Å². The van der Waals surface area contributed by atoms with Crippen LogP contribution >= 0.6 is 0 Å². The van der Waals surface area contributed by atoms with Crippen molar-refractivity contribution >= 4 is 0 Å². The highest BCUT2D eigenvalue weighted by molar-refractivity contribution is 4.76. The zero-order valence-electron chi connectivity index (χ0n) is 4.20. The Morgan fingerprint density at radius 2 is 2.14 bits per heavy atom. The Hall–Kier alpha value is -0.380. The van der Waals surface area contributed by atoms with E-state index >= 15 is 0 Å². The molecule has 0 rings (SSSR count). The summed E-state index contributed by atoms with van der Waals surface area (Å²) in [5.74, 6) is 0. The Morgan fingerprint density at radius 1 is 1.57 bits per heavy atom. The topological polar surface area (TPSA) is 43.7 Å². The van der Waals surface area contributed by atoms with Crippen molar-refractivity contribution in [3.63, 3.8) is 0 Å². The summed E-state index contributed by atoms with van der Waals surface area (Å²) in [6.45, 7) is 1.97. The molecule has 0 saturated heterocycles. The Balaban J connectivity index is 2.97. The van der Waals surface area contributed by atoms with Crippen molar-refractivity contribution < 1.29 is 10.4 Å². The third-order valence-electron chi connectivity index (χ3n) is 0.504. The van der Waals surface area contributed by atoms with Gasteiger partial charge in [0, 0.05) is 0 Å². The standard InChI is InChI=1S/C4H9NO2/c1-2-3-4-5(6)7/h2-3,6-7H,4H2,1H3. The largest absolute Gasteiger partial charge is 0.289 e. The molecule has 0 spiro atoms. The molecule has 0 aromatic heterocycles. The van der Waals surface area contributed by atoms with Gasteiger partial charge in [0.15, 0.2) is 0 Å². The van der Waals surface area contributed by atoms with Gasteiger partial charge in [-0.25, -0.2) is 0 Å². The van der Waals surface area contributed by atoms with Crippen LogP contribution in [-0.4, -0.2) is 22.2 Å². The number of hydrogen-bond acceptors (Lipinski definition) is 3. The Kier molecular flexibility index (Phi) is 3.59. The Bertz CT molecular complexity index is 60.7. The van der Waals surface area contributed by atoms with E-state index in [0.717, 1.165) is 0 Å². The van der Waals surface area contributed by atoms with E-state index in [2.05, 4.69) is 0 Å². The lowest BCUT2D eigenvalue weighted by Crippen LogP contribution is -2.12. The molecule has 0 aromatic rings. The molecule has 2 N–H and O–H groups in total. The number of hydrogen-bond donors (Lipinski definition) is 2. The zero-order chi connectivity index (χ0) is 5.70. The van der Waals surface area contributed by atoms with Crippen molar-refractivity contribution in [2.45, 2.75) is 6.92 Å². The Labute approximate surface area is 42.4 Å². The minimum Gasteiger partial charge on any atom is -0.289 e. The number of nitrogens with zero attached hydrogens (tertiary/aromatic N) is 1. The summed E-state index contributed by atoms with van der Waals surface area (Å²) in [5.41, 5.74) is 0.